The number of hydrogen-bond acceptors (Lipinski definition) is 8. The average Bonchev–Trinajstić information content (AvgIpc) is 2.95. The predicted octanol–water partition coefficient (Wildman–Crippen LogP) is 5.85. The highest BCUT2D eigenvalue weighted by Crippen LogP contribution is 2.41. The van der Waals surface area contributed by atoms with E-state index in [-0.39, 0.29) is 29.2 Å². The first-order valence-electron chi connectivity index (χ1n) is 10.7. The number of hydrogen-bond donors (Lipinski definition) is 1. The minimum absolute atomic E-state index is 0.0589. The molecular formula is C23H25ClFN5O3S. The van der Waals surface area contributed by atoms with Crippen LogP contribution in [0.2, 0.25) is 5.15 Å². The standard InChI is InChI=1S/C23H25ClFN5O3S/c1-12(13-8-6-7-9-14(13)26-22(31)33-23(2,3)4)30-10-11-32-20-15-17(16(25)18(24)28-20)27-21(34-5)29-19(15)30/h6-9,12H,10-11H2,1-5H3,(H,26,31). The van der Waals surface area contributed by atoms with E-state index in [9.17, 15) is 9.18 Å². The molecule has 0 aliphatic carbocycles. The highest BCUT2D eigenvalue weighted by Gasteiger charge is 2.30. The second-order valence-corrected chi connectivity index (χ2v) is 9.84. The zero-order valence-corrected chi connectivity index (χ0v) is 21.1. The van der Waals surface area contributed by atoms with E-state index in [0.29, 0.717) is 28.6 Å². The third kappa shape index (κ3) is 4.83. The molecule has 0 fully saturated rings. The van der Waals surface area contributed by atoms with Crippen molar-refractivity contribution < 1.29 is 18.7 Å². The van der Waals surface area contributed by atoms with Crippen LogP contribution < -0.4 is 15.0 Å². The van der Waals surface area contributed by atoms with Crippen LogP contribution in [0.25, 0.3) is 10.9 Å². The number of nitrogens with zero attached hydrogens (tertiary/aromatic N) is 4. The Balaban J connectivity index is 1.79. The van der Waals surface area contributed by atoms with Crippen LogP contribution in [0.15, 0.2) is 29.4 Å². The maximum absolute atomic E-state index is 14.9. The van der Waals surface area contributed by atoms with Gasteiger partial charge in [0.15, 0.2) is 16.1 Å². The van der Waals surface area contributed by atoms with Crippen molar-refractivity contribution in [2.45, 2.75) is 44.5 Å². The van der Waals surface area contributed by atoms with Crippen LogP contribution in [0.3, 0.4) is 0 Å². The quantitative estimate of drug-likeness (QED) is 0.268. The van der Waals surface area contributed by atoms with Gasteiger partial charge in [0.05, 0.1) is 12.6 Å². The Morgan fingerprint density at radius 3 is 2.74 bits per heavy atom. The fourth-order valence-electron chi connectivity index (χ4n) is 3.76. The molecule has 1 aliphatic heterocycles. The zero-order chi connectivity index (χ0) is 24.6. The molecule has 1 aromatic carbocycles. The van der Waals surface area contributed by atoms with Gasteiger partial charge in [-0.1, -0.05) is 41.6 Å². The Bertz CT molecular complexity index is 1250. The Morgan fingerprint density at radius 1 is 1.29 bits per heavy atom. The van der Waals surface area contributed by atoms with Crippen molar-refractivity contribution in [3.8, 4) is 5.88 Å². The molecule has 3 aromatic rings. The fourth-order valence-corrected chi connectivity index (χ4v) is 4.29. The number of para-hydroxylation sites is 1. The van der Waals surface area contributed by atoms with Gasteiger partial charge in [-0.05, 0) is 45.6 Å². The molecule has 8 nitrogen and oxygen atoms in total. The molecule has 0 bridgehead atoms. The van der Waals surface area contributed by atoms with E-state index in [4.69, 9.17) is 21.1 Å². The first-order valence-corrected chi connectivity index (χ1v) is 12.3. The van der Waals surface area contributed by atoms with Gasteiger partial charge in [-0.3, -0.25) is 5.32 Å². The van der Waals surface area contributed by atoms with Crippen molar-refractivity contribution in [1.29, 1.82) is 0 Å². The van der Waals surface area contributed by atoms with Crippen molar-refractivity contribution in [3.63, 3.8) is 0 Å². The smallest absolute Gasteiger partial charge is 0.412 e. The number of pyridine rings is 1. The molecule has 180 valence electrons. The number of carbonyl (C=O) groups excluding carboxylic acids is 1. The summed E-state index contributed by atoms with van der Waals surface area (Å²) >= 11 is 7.31. The monoisotopic (exact) mass is 505 g/mol. The van der Waals surface area contributed by atoms with Crippen LogP contribution in [-0.4, -0.2) is 46.1 Å². The van der Waals surface area contributed by atoms with Gasteiger partial charge in [-0.2, -0.15) is 4.98 Å². The highest BCUT2D eigenvalue weighted by atomic mass is 35.5. The predicted molar refractivity (Wildman–Crippen MR) is 132 cm³/mol. The van der Waals surface area contributed by atoms with Crippen molar-refractivity contribution in [3.05, 3.63) is 40.8 Å². The van der Waals surface area contributed by atoms with E-state index in [2.05, 4.69) is 20.3 Å². The van der Waals surface area contributed by atoms with E-state index in [0.717, 1.165) is 5.56 Å². The number of halogens is 2. The number of amides is 1. The average molecular weight is 506 g/mol. The largest absolute Gasteiger partial charge is 0.475 e. The molecule has 0 radical (unpaired) electrons. The number of carbonyl (C=O) groups is 1. The van der Waals surface area contributed by atoms with Gasteiger partial charge < -0.3 is 14.4 Å². The van der Waals surface area contributed by atoms with Crippen LogP contribution in [0.5, 0.6) is 5.88 Å². The Kier molecular flexibility index (Phi) is 6.73. The van der Waals surface area contributed by atoms with Crippen LogP contribution in [0.4, 0.5) is 20.7 Å². The Labute approximate surface area is 206 Å². The summed E-state index contributed by atoms with van der Waals surface area (Å²) in [7, 11) is 0. The minimum Gasteiger partial charge on any atom is -0.475 e. The highest BCUT2D eigenvalue weighted by molar-refractivity contribution is 7.98. The van der Waals surface area contributed by atoms with Gasteiger partial charge in [-0.25, -0.2) is 19.2 Å². The lowest BCUT2D eigenvalue weighted by molar-refractivity contribution is 0.0635. The molecule has 11 heteroatoms. The lowest BCUT2D eigenvalue weighted by Gasteiger charge is -2.31. The lowest BCUT2D eigenvalue weighted by atomic mass is 10.0. The maximum Gasteiger partial charge on any atom is 0.412 e. The number of thioether (sulfide) groups is 1. The molecule has 1 amide bonds. The van der Waals surface area contributed by atoms with Crippen molar-refractivity contribution in [2.24, 2.45) is 0 Å². The summed E-state index contributed by atoms with van der Waals surface area (Å²) < 4.78 is 26.2. The van der Waals surface area contributed by atoms with Crippen LogP contribution >= 0.6 is 23.4 Å². The van der Waals surface area contributed by atoms with E-state index >= 15 is 0 Å². The third-order valence-corrected chi connectivity index (χ3v) is 6.01. The van der Waals surface area contributed by atoms with E-state index in [1.165, 1.54) is 11.8 Å². The number of ether oxygens (including phenoxy) is 2. The summed E-state index contributed by atoms with van der Waals surface area (Å²) in [6, 6.07) is 7.17. The maximum atomic E-state index is 14.9. The molecule has 1 N–H and O–H groups in total. The number of aromatic nitrogens is 3. The summed E-state index contributed by atoms with van der Waals surface area (Å²) in [6.45, 7) is 8.11. The van der Waals surface area contributed by atoms with Crippen LogP contribution in [-0.2, 0) is 4.74 Å². The number of nitrogens with one attached hydrogen (secondary N) is 1. The summed E-state index contributed by atoms with van der Waals surface area (Å²) in [5.41, 5.74) is 0.862. The second-order valence-electron chi connectivity index (χ2n) is 8.71. The molecule has 0 saturated carbocycles. The summed E-state index contributed by atoms with van der Waals surface area (Å²) in [4.78, 5) is 27.5. The van der Waals surface area contributed by atoms with Gasteiger partial charge >= 0.3 is 6.09 Å². The van der Waals surface area contributed by atoms with Crippen LogP contribution in [0, 0.1) is 5.82 Å². The molecule has 34 heavy (non-hydrogen) atoms. The molecule has 1 atom stereocenters. The minimum atomic E-state index is -0.718. The molecule has 0 spiro atoms. The molecule has 3 heterocycles. The van der Waals surface area contributed by atoms with E-state index < -0.39 is 17.5 Å². The van der Waals surface area contributed by atoms with Crippen molar-refractivity contribution in [2.75, 3.05) is 29.6 Å². The summed E-state index contributed by atoms with van der Waals surface area (Å²) in [6.07, 6.45) is 1.27. The van der Waals surface area contributed by atoms with E-state index in [1.54, 1.807) is 20.8 Å². The van der Waals surface area contributed by atoms with Crippen molar-refractivity contribution in [1.82, 2.24) is 15.0 Å². The Hall–Kier alpha value is -2.85. The summed E-state index contributed by atoms with van der Waals surface area (Å²) in [5.74, 6) is -0.0344. The van der Waals surface area contributed by atoms with Gasteiger partial charge in [-0.15, -0.1) is 0 Å². The van der Waals surface area contributed by atoms with Gasteiger partial charge in [0.25, 0.3) is 0 Å². The molecule has 1 unspecified atom stereocenters. The molecule has 4 rings (SSSR count). The molecular weight excluding hydrogens is 481 g/mol. The number of rotatable bonds is 4. The first kappa shape index (κ1) is 24.3. The molecule has 0 saturated heterocycles. The normalized spacial score (nSPS) is 14.4. The lowest BCUT2D eigenvalue weighted by Crippen LogP contribution is -2.32. The first-order chi connectivity index (χ1) is 16.1. The van der Waals surface area contributed by atoms with Gasteiger partial charge in [0, 0.05) is 5.69 Å². The molecule has 1 aliphatic rings. The SMILES string of the molecule is CSc1nc2c3c(nc(Cl)c(F)c3n1)OCCN2C(C)c1ccccc1NC(=O)OC(C)(C)C. The summed E-state index contributed by atoms with van der Waals surface area (Å²) in [5, 5.41) is 3.30. The van der Waals surface area contributed by atoms with Crippen LogP contribution in [0.1, 0.15) is 39.3 Å². The number of benzene rings is 1. The van der Waals surface area contributed by atoms with Gasteiger partial charge in [0.2, 0.25) is 5.88 Å². The zero-order valence-electron chi connectivity index (χ0n) is 19.5. The van der Waals surface area contributed by atoms with Gasteiger partial charge in [0.1, 0.15) is 28.9 Å². The second kappa shape index (κ2) is 9.42. The van der Waals surface area contributed by atoms with Crippen molar-refractivity contribution >= 4 is 51.9 Å². The topological polar surface area (TPSA) is 89.5 Å². The Morgan fingerprint density at radius 2 is 2.03 bits per heavy atom. The third-order valence-electron chi connectivity index (χ3n) is 5.21. The van der Waals surface area contributed by atoms with E-state index in [1.807, 2.05) is 42.3 Å². The molecule has 2 aromatic heterocycles. The number of anilines is 2. The fraction of sp³-hybridized carbons (Fsp3) is 0.391.